The van der Waals surface area contributed by atoms with Crippen LogP contribution in [0, 0.1) is 5.92 Å². The standard InChI is InChI=1S/C20H30N8O.C2H6/c1-12(2)27-10-15(9-23-27)17-18(29-13(3)4)19-25-20(26-28(19)11-22-17)24-16-6-7-21-8-14(16)5;1-2/h9-14,16,21H,6-8H2,1-5H3,(H,24,26);1-2H3. The van der Waals surface area contributed by atoms with E-state index in [4.69, 9.17) is 9.72 Å². The first-order valence-corrected chi connectivity index (χ1v) is 11.4. The van der Waals surface area contributed by atoms with Crippen molar-refractivity contribution in [2.45, 2.75) is 73.1 Å². The maximum Gasteiger partial charge on any atom is 0.243 e. The van der Waals surface area contributed by atoms with E-state index >= 15 is 0 Å². The average Bonchev–Trinajstić information content (AvgIpc) is 3.38. The van der Waals surface area contributed by atoms with Crippen LogP contribution in [0.4, 0.5) is 5.95 Å². The highest BCUT2D eigenvalue weighted by Crippen LogP contribution is 2.32. The van der Waals surface area contributed by atoms with Crippen molar-refractivity contribution in [3.63, 3.8) is 0 Å². The molecule has 1 fully saturated rings. The molecule has 0 spiro atoms. The van der Waals surface area contributed by atoms with Crippen molar-refractivity contribution in [2.75, 3.05) is 18.4 Å². The molecule has 0 aliphatic carbocycles. The van der Waals surface area contributed by atoms with Gasteiger partial charge in [-0.3, -0.25) is 4.68 Å². The highest BCUT2D eigenvalue weighted by Gasteiger charge is 2.24. The highest BCUT2D eigenvalue weighted by molar-refractivity contribution is 5.74. The summed E-state index contributed by atoms with van der Waals surface area (Å²) in [4.78, 5) is 9.37. The molecule has 0 aromatic carbocycles. The van der Waals surface area contributed by atoms with Gasteiger partial charge >= 0.3 is 0 Å². The number of anilines is 1. The van der Waals surface area contributed by atoms with Crippen LogP contribution >= 0.6 is 0 Å². The summed E-state index contributed by atoms with van der Waals surface area (Å²) < 4.78 is 9.74. The highest BCUT2D eigenvalue weighted by atomic mass is 16.5. The van der Waals surface area contributed by atoms with Gasteiger partial charge < -0.3 is 15.4 Å². The molecule has 1 aliphatic rings. The lowest BCUT2D eigenvalue weighted by Gasteiger charge is -2.29. The minimum Gasteiger partial charge on any atom is -0.485 e. The van der Waals surface area contributed by atoms with Crippen LogP contribution in [0.5, 0.6) is 5.75 Å². The fraction of sp³-hybridized carbons (Fsp3) is 0.636. The fourth-order valence-corrected chi connectivity index (χ4v) is 3.58. The molecule has 3 aromatic heterocycles. The zero-order valence-electron chi connectivity index (χ0n) is 19.8. The van der Waals surface area contributed by atoms with E-state index in [2.05, 4.69) is 46.6 Å². The van der Waals surface area contributed by atoms with Crippen LogP contribution in [-0.4, -0.2) is 54.6 Å². The number of ether oxygens (including phenoxy) is 1. The Balaban J connectivity index is 0.00000132. The van der Waals surface area contributed by atoms with Gasteiger partial charge in [0.2, 0.25) is 11.6 Å². The van der Waals surface area contributed by atoms with Crippen LogP contribution in [-0.2, 0) is 0 Å². The SMILES string of the molecule is CC.CC(C)Oc1c(-c2cnn(C(C)C)c2)ncn2nc(NC3CCNCC3C)nc12. The van der Waals surface area contributed by atoms with Crippen molar-refractivity contribution in [3.8, 4) is 17.0 Å². The van der Waals surface area contributed by atoms with Gasteiger partial charge in [-0.25, -0.2) is 4.98 Å². The molecule has 4 rings (SSSR count). The molecule has 9 heteroatoms. The number of hydrogen-bond donors (Lipinski definition) is 2. The topological polar surface area (TPSA) is 94.2 Å². The normalized spacial score (nSPS) is 18.9. The number of nitrogens with one attached hydrogen (secondary N) is 2. The molecule has 31 heavy (non-hydrogen) atoms. The molecule has 170 valence electrons. The monoisotopic (exact) mass is 428 g/mol. The molecule has 0 saturated carbocycles. The van der Waals surface area contributed by atoms with Crippen LogP contribution in [0.15, 0.2) is 18.7 Å². The van der Waals surface area contributed by atoms with Crippen molar-refractivity contribution in [2.24, 2.45) is 5.92 Å². The third-order valence-corrected chi connectivity index (χ3v) is 5.20. The lowest BCUT2D eigenvalue weighted by atomic mass is 9.95. The van der Waals surface area contributed by atoms with Crippen molar-refractivity contribution >= 4 is 11.6 Å². The second-order valence-corrected chi connectivity index (χ2v) is 8.32. The number of aromatic nitrogens is 6. The Kier molecular flexibility index (Phi) is 7.48. The molecule has 0 radical (unpaired) electrons. The Hall–Kier alpha value is -2.68. The summed E-state index contributed by atoms with van der Waals surface area (Å²) in [5.74, 6) is 1.75. The maximum absolute atomic E-state index is 6.15. The second-order valence-electron chi connectivity index (χ2n) is 8.32. The molecule has 2 N–H and O–H groups in total. The first kappa shape index (κ1) is 23.0. The van der Waals surface area contributed by atoms with Gasteiger partial charge in [0.25, 0.3) is 0 Å². The van der Waals surface area contributed by atoms with Crippen molar-refractivity contribution in [1.82, 2.24) is 34.7 Å². The molecule has 0 bridgehead atoms. The number of nitrogens with zero attached hydrogens (tertiary/aromatic N) is 6. The summed E-state index contributed by atoms with van der Waals surface area (Å²) >= 11 is 0. The van der Waals surface area contributed by atoms with Crippen LogP contribution in [0.3, 0.4) is 0 Å². The van der Waals surface area contributed by atoms with Gasteiger partial charge in [-0.1, -0.05) is 20.8 Å². The van der Waals surface area contributed by atoms with E-state index in [9.17, 15) is 0 Å². The molecule has 1 saturated heterocycles. The Morgan fingerprint density at radius 2 is 2.00 bits per heavy atom. The molecule has 4 heterocycles. The predicted octanol–water partition coefficient (Wildman–Crippen LogP) is 3.79. The summed E-state index contributed by atoms with van der Waals surface area (Å²) in [5.41, 5.74) is 2.29. The minimum atomic E-state index is -0.0144. The summed E-state index contributed by atoms with van der Waals surface area (Å²) in [6.07, 6.45) is 6.53. The zero-order chi connectivity index (χ0) is 22.5. The summed E-state index contributed by atoms with van der Waals surface area (Å²) in [6, 6.07) is 0.623. The van der Waals surface area contributed by atoms with Crippen LogP contribution in [0.1, 0.15) is 60.9 Å². The van der Waals surface area contributed by atoms with Gasteiger partial charge in [-0.05, 0) is 53.1 Å². The maximum atomic E-state index is 6.15. The Bertz CT molecular complexity index is 977. The Morgan fingerprint density at radius 1 is 1.23 bits per heavy atom. The number of fused-ring (bicyclic) bond motifs is 1. The average molecular weight is 429 g/mol. The zero-order valence-corrected chi connectivity index (χ0v) is 19.8. The number of hydrogen-bond acceptors (Lipinski definition) is 7. The van der Waals surface area contributed by atoms with Gasteiger partial charge in [-0.2, -0.15) is 14.6 Å². The van der Waals surface area contributed by atoms with Gasteiger partial charge in [0.05, 0.1) is 12.3 Å². The van der Waals surface area contributed by atoms with Crippen molar-refractivity contribution in [3.05, 3.63) is 18.7 Å². The lowest BCUT2D eigenvalue weighted by Crippen LogP contribution is -2.42. The van der Waals surface area contributed by atoms with E-state index in [0.717, 1.165) is 30.8 Å². The molecule has 0 amide bonds. The molecular formula is C22H36N8O. The Morgan fingerprint density at radius 3 is 2.65 bits per heavy atom. The Labute approximate surface area is 184 Å². The van der Waals surface area contributed by atoms with Gasteiger partial charge in [0.1, 0.15) is 12.0 Å². The smallest absolute Gasteiger partial charge is 0.243 e. The van der Waals surface area contributed by atoms with Crippen LogP contribution < -0.4 is 15.4 Å². The molecular weight excluding hydrogens is 392 g/mol. The van der Waals surface area contributed by atoms with E-state index in [1.807, 2.05) is 44.8 Å². The van der Waals surface area contributed by atoms with Crippen molar-refractivity contribution < 1.29 is 4.74 Å². The fourth-order valence-electron chi connectivity index (χ4n) is 3.58. The lowest BCUT2D eigenvalue weighted by molar-refractivity contribution is 0.244. The largest absolute Gasteiger partial charge is 0.485 e. The molecule has 2 unspecified atom stereocenters. The third kappa shape index (κ3) is 5.15. The van der Waals surface area contributed by atoms with Gasteiger partial charge in [0, 0.05) is 23.8 Å². The summed E-state index contributed by atoms with van der Waals surface area (Å²) in [5, 5.41) is 15.9. The van der Waals surface area contributed by atoms with E-state index in [-0.39, 0.29) is 12.1 Å². The van der Waals surface area contributed by atoms with Gasteiger partial charge in [-0.15, -0.1) is 5.10 Å². The van der Waals surface area contributed by atoms with E-state index in [0.29, 0.717) is 29.3 Å². The summed E-state index contributed by atoms with van der Waals surface area (Å²) in [7, 11) is 0. The van der Waals surface area contributed by atoms with E-state index in [1.54, 1.807) is 10.8 Å². The molecule has 1 aliphatic heterocycles. The summed E-state index contributed by atoms with van der Waals surface area (Å²) in [6.45, 7) is 16.4. The van der Waals surface area contributed by atoms with Crippen molar-refractivity contribution in [1.29, 1.82) is 0 Å². The quantitative estimate of drug-likeness (QED) is 0.617. The van der Waals surface area contributed by atoms with Gasteiger partial charge in [0.15, 0.2) is 5.75 Å². The first-order chi connectivity index (χ1) is 14.9. The predicted molar refractivity (Wildman–Crippen MR) is 124 cm³/mol. The second kappa shape index (κ2) is 10.1. The third-order valence-electron chi connectivity index (χ3n) is 5.20. The van der Waals surface area contributed by atoms with E-state index in [1.165, 1.54) is 0 Å². The molecule has 9 nitrogen and oxygen atoms in total. The molecule has 2 atom stereocenters. The molecule has 3 aromatic rings. The minimum absolute atomic E-state index is 0.0144. The number of rotatable bonds is 6. The first-order valence-electron chi connectivity index (χ1n) is 11.4. The van der Waals surface area contributed by atoms with Crippen LogP contribution in [0.25, 0.3) is 16.9 Å². The van der Waals surface area contributed by atoms with E-state index < -0.39 is 0 Å². The number of piperidine rings is 1. The van der Waals surface area contributed by atoms with Crippen LogP contribution in [0.2, 0.25) is 0 Å².